The van der Waals surface area contributed by atoms with E-state index in [9.17, 15) is 9.59 Å². The molecule has 7 heteroatoms. The summed E-state index contributed by atoms with van der Waals surface area (Å²) in [7, 11) is 0. The number of H-pyrrole nitrogens is 2. The van der Waals surface area contributed by atoms with Gasteiger partial charge >= 0.3 is 5.69 Å². The molecule has 2 aromatic rings. The second-order valence-corrected chi connectivity index (χ2v) is 4.75. The Kier molecular flexibility index (Phi) is 4.76. The van der Waals surface area contributed by atoms with Crippen molar-refractivity contribution < 1.29 is 4.79 Å². The van der Waals surface area contributed by atoms with Crippen molar-refractivity contribution in [1.82, 2.24) is 15.2 Å². The largest absolute Gasteiger partial charge is 0.377 e. The van der Waals surface area contributed by atoms with E-state index in [1.807, 2.05) is 32.0 Å². The van der Waals surface area contributed by atoms with Gasteiger partial charge in [-0.25, -0.2) is 9.89 Å². The van der Waals surface area contributed by atoms with Gasteiger partial charge in [0.25, 0.3) is 0 Å². The lowest BCUT2D eigenvalue weighted by atomic mass is 10.1. The third kappa shape index (κ3) is 3.95. The van der Waals surface area contributed by atoms with Gasteiger partial charge in [-0.15, -0.1) is 0 Å². The molecule has 21 heavy (non-hydrogen) atoms. The number of aromatic nitrogens is 3. The predicted molar refractivity (Wildman–Crippen MR) is 81.3 cm³/mol. The van der Waals surface area contributed by atoms with Gasteiger partial charge in [-0.3, -0.25) is 9.78 Å². The summed E-state index contributed by atoms with van der Waals surface area (Å²) in [5.41, 5.74) is 2.28. The molecule has 4 N–H and O–H groups in total. The van der Waals surface area contributed by atoms with Crippen LogP contribution in [0.3, 0.4) is 0 Å². The topological polar surface area (TPSA) is 103 Å². The summed E-state index contributed by atoms with van der Waals surface area (Å²) in [6.45, 7) is 4.29. The van der Waals surface area contributed by atoms with Crippen molar-refractivity contribution in [3.8, 4) is 0 Å². The van der Waals surface area contributed by atoms with E-state index in [2.05, 4.69) is 25.8 Å². The molecule has 0 unspecified atom stereocenters. The third-order valence-electron chi connectivity index (χ3n) is 3.08. The second-order valence-electron chi connectivity index (χ2n) is 4.75. The van der Waals surface area contributed by atoms with Crippen molar-refractivity contribution in [2.24, 2.45) is 0 Å². The number of carbonyl (C=O) groups excluding carboxylic acids is 1. The number of carbonyl (C=O) groups is 1. The number of nitrogens with zero attached hydrogens (tertiary/aromatic N) is 1. The number of hydrogen-bond donors (Lipinski definition) is 4. The normalized spacial score (nSPS) is 10.4. The smallest absolute Gasteiger partial charge is 0.340 e. The Balaban J connectivity index is 2.06. The highest BCUT2D eigenvalue weighted by atomic mass is 16.2. The van der Waals surface area contributed by atoms with Gasteiger partial charge in [-0.2, -0.15) is 5.10 Å². The number of benzene rings is 1. The lowest BCUT2D eigenvalue weighted by molar-refractivity contribution is -0.116. The fourth-order valence-electron chi connectivity index (χ4n) is 1.97. The highest BCUT2D eigenvalue weighted by Gasteiger charge is 2.07. The van der Waals surface area contributed by atoms with E-state index in [1.165, 1.54) is 0 Å². The number of rotatable bonds is 6. The summed E-state index contributed by atoms with van der Waals surface area (Å²) >= 11 is 0. The monoisotopic (exact) mass is 289 g/mol. The third-order valence-corrected chi connectivity index (χ3v) is 3.08. The molecule has 1 aromatic carbocycles. The quantitative estimate of drug-likeness (QED) is 0.650. The van der Waals surface area contributed by atoms with E-state index in [-0.39, 0.29) is 11.6 Å². The number of anilines is 2. The molecule has 0 saturated heterocycles. The van der Waals surface area contributed by atoms with Crippen molar-refractivity contribution >= 4 is 17.3 Å². The molecule has 7 nitrogen and oxygen atoms in total. The molecular weight excluding hydrogens is 270 g/mol. The first kappa shape index (κ1) is 14.8. The van der Waals surface area contributed by atoms with Crippen LogP contribution in [0.25, 0.3) is 0 Å². The summed E-state index contributed by atoms with van der Waals surface area (Å²) in [5, 5.41) is 12.2. The number of hydrogen-bond acceptors (Lipinski definition) is 4. The molecule has 1 amide bonds. The van der Waals surface area contributed by atoms with Crippen LogP contribution >= 0.6 is 0 Å². The first-order valence-electron chi connectivity index (χ1n) is 6.87. The van der Waals surface area contributed by atoms with Gasteiger partial charge in [-0.05, 0) is 31.0 Å². The van der Waals surface area contributed by atoms with Gasteiger partial charge in [-0.1, -0.05) is 13.0 Å². The minimum Gasteiger partial charge on any atom is -0.377 e. The maximum Gasteiger partial charge on any atom is 0.340 e. The molecule has 0 radical (unpaired) electrons. The van der Waals surface area contributed by atoms with Crippen LogP contribution < -0.4 is 16.3 Å². The van der Waals surface area contributed by atoms with E-state index in [1.54, 1.807) is 0 Å². The SMILES string of the molecule is CCCC(=O)Nc1cccc(NCc2n[nH]c(=O)[nH]2)c1C. The van der Waals surface area contributed by atoms with Crippen LogP contribution in [0.4, 0.5) is 11.4 Å². The first-order valence-corrected chi connectivity index (χ1v) is 6.87. The molecule has 0 bridgehead atoms. The Morgan fingerprint density at radius 1 is 1.33 bits per heavy atom. The summed E-state index contributed by atoms with van der Waals surface area (Å²) in [4.78, 5) is 25.2. The maximum absolute atomic E-state index is 11.7. The molecule has 0 saturated carbocycles. The number of amides is 1. The summed E-state index contributed by atoms with van der Waals surface area (Å²) in [5.74, 6) is 0.536. The van der Waals surface area contributed by atoms with Gasteiger partial charge in [0.1, 0.15) is 5.82 Å². The maximum atomic E-state index is 11.7. The van der Waals surface area contributed by atoms with Crippen LogP contribution in [0.2, 0.25) is 0 Å². The minimum atomic E-state index is -0.330. The fourth-order valence-corrected chi connectivity index (χ4v) is 1.97. The molecule has 0 aliphatic rings. The molecule has 112 valence electrons. The lowest BCUT2D eigenvalue weighted by Crippen LogP contribution is -2.12. The van der Waals surface area contributed by atoms with Crippen LogP contribution in [0, 0.1) is 6.92 Å². The Bertz CT molecular complexity index is 674. The van der Waals surface area contributed by atoms with E-state index < -0.39 is 0 Å². The van der Waals surface area contributed by atoms with Crippen LogP contribution in [0.1, 0.15) is 31.2 Å². The van der Waals surface area contributed by atoms with Crippen LogP contribution in [-0.2, 0) is 11.3 Å². The van der Waals surface area contributed by atoms with Crippen molar-refractivity contribution in [3.05, 3.63) is 40.1 Å². The average Bonchev–Trinajstić information content (AvgIpc) is 2.86. The summed E-state index contributed by atoms with van der Waals surface area (Å²) < 4.78 is 0. The highest BCUT2D eigenvalue weighted by Crippen LogP contribution is 2.23. The summed E-state index contributed by atoms with van der Waals surface area (Å²) in [6.07, 6.45) is 1.32. The van der Waals surface area contributed by atoms with Gasteiger partial charge in [0.05, 0.1) is 6.54 Å². The zero-order valence-corrected chi connectivity index (χ0v) is 12.1. The first-order chi connectivity index (χ1) is 10.1. The summed E-state index contributed by atoms with van der Waals surface area (Å²) in [6, 6.07) is 5.64. The standard InChI is InChI=1S/C14H19N5O2/c1-3-5-13(20)16-11-7-4-6-10(9(11)2)15-8-12-17-14(21)19-18-12/h4,6-7,15H,3,5,8H2,1-2H3,(H,16,20)(H2,17,18,19,21). The molecule has 0 atom stereocenters. The van der Waals surface area contributed by atoms with Crippen LogP contribution in [-0.4, -0.2) is 21.1 Å². The van der Waals surface area contributed by atoms with Gasteiger partial charge in [0.2, 0.25) is 5.91 Å². The molecule has 0 fully saturated rings. The predicted octanol–water partition coefficient (Wildman–Crippen LogP) is 1.76. The molecule has 1 heterocycles. The fraction of sp³-hybridized carbons (Fsp3) is 0.357. The molecule has 1 aromatic heterocycles. The van der Waals surface area contributed by atoms with Crippen molar-refractivity contribution in [3.63, 3.8) is 0 Å². The van der Waals surface area contributed by atoms with Crippen molar-refractivity contribution in [1.29, 1.82) is 0 Å². The lowest BCUT2D eigenvalue weighted by Gasteiger charge is -2.13. The molecule has 2 rings (SSSR count). The number of aromatic amines is 2. The van der Waals surface area contributed by atoms with Crippen LogP contribution in [0.15, 0.2) is 23.0 Å². The molecule has 0 aliphatic heterocycles. The van der Waals surface area contributed by atoms with E-state index in [0.29, 0.717) is 18.8 Å². The Morgan fingerprint density at radius 2 is 2.10 bits per heavy atom. The molecule has 0 spiro atoms. The minimum absolute atomic E-state index is 0.00869. The zero-order chi connectivity index (χ0) is 15.2. The Morgan fingerprint density at radius 3 is 2.76 bits per heavy atom. The van der Waals surface area contributed by atoms with Crippen LogP contribution in [0.5, 0.6) is 0 Å². The van der Waals surface area contributed by atoms with Crippen molar-refractivity contribution in [2.75, 3.05) is 10.6 Å². The highest BCUT2D eigenvalue weighted by molar-refractivity contribution is 5.92. The van der Waals surface area contributed by atoms with Gasteiger partial charge < -0.3 is 10.6 Å². The second kappa shape index (κ2) is 6.74. The Labute approximate surface area is 122 Å². The van der Waals surface area contributed by atoms with Gasteiger partial charge in [0, 0.05) is 17.8 Å². The van der Waals surface area contributed by atoms with E-state index in [0.717, 1.165) is 23.4 Å². The van der Waals surface area contributed by atoms with Gasteiger partial charge in [0.15, 0.2) is 0 Å². The average molecular weight is 289 g/mol. The van der Waals surface area contributed by atoms with E-state index >= 15 is 0 Å². The molecular formula is C14H19N5O2. The van der Waals surface area contributed by atoms with Crippen molar-refractivity contribution in [2.45, 2.75) is 33.2 Å². The van der Waals surface area contributed by atoms with E-state index in [4.69, 9.17) is 0 Å². The number of nitrogens with one attached hydrogen (secondary N) is 4. The molecule has 0 aliphatic carbocycles. The Hall–Kier alpha value is -2.57. The zero-order valence-electron chi connectivity index (χ0n) is 12.1.